The molecular formula is C49H34N6S. The average molecular weight is 739 g/mol. The maximum Gasteiger partial charge on any atom is 0.164 e. The number of nitrogens with zero attached hydrogens (tertiary/aromatic N) is 6. The third kappa shape index (κ3) is 4.49. The van der Waals surface area contributed by atoms with Crippen molar-refractivity contribution in [2.45, 2.75) is 18.3 Å². The van der Waals surface area contributed by atoms with Gasteiger partial charge in [0.2, 0.25) is 0 Å². The Morgan fingerprint density at radius 3 is 1.68 bits per heavy atom. The second-order valence-electron chi connectivity index (χ2n) is 14.7. The molecule has 0 bridgehead atoms. The van der Waals surface area contributed by atoms with Gasteiger partial charge in [-0.05, 0) is 49.1 Å². The Balaban J connectivity index is 1.19. The van der Waals surface area contributed by atoms with Crippen LogP contribution < -0.4 is 0 Å². The van der Waals surface area contributed by atoms with Crippen molar-refractivity contribution in [1.82, 2.24) is 28.7 Å². The van der Waals surface area contributed by atoms with E-state index in [9.17, 15) is 0 Å². The Hall–Kier alpha value is -6.70. The van der Waals surface area contributed by atoms with Gasteiger partial charge in [0.15, 0.2) is 17.5 Å². The summed E-state index contributed by atoms with van der Waals surface area (Å²) >= 11 is 1.95. The van der Waals surface area contributed by atoms with Gasteiger partial charge in [-0.15, -0.1) is 11.8 Å². The molecule has 0 fully saturated rings. The van der Waals surface area contributed by atoms with Crippen molar-refractivity contribution in [2.24, 2.45) is 0 Å². The van der Waals surface area contributed by atoms with Gasteiger partial charge in [0.25, 0.3) is 0 Å². The standard InChI is InChI=1S/C49H34N6S/c1-56-42-27-28-53-38-21-10-8-19-34(38)36-23-25-40-43(45(36)53)44-41(26-24-37-35-20-9-11-22-39(35)55(42)46(37)44)54(40)33-18-12-17-32(29-33)49-51-47(30-13-4-2-5-14-30)50-48(52-49)31-15-6-3-7-16-31/h2-26,29,42H,27-28H2,1H3. The Kier molecular flexibility index (Phi) is 6.86. The molecule has 0 radical (unpaired) electrons. The summed E-state index contributed by atoms with van der Waals surface area (Å²) in [6.45, 7) is 0.922. The Morgan fingerprint density at radius 1 is 0.482 bits per heavy atom. The minimum absolute atomic E-state index is 0.261. The van der Waals surface area contributed by atoms with Gasteiger partial charge in [0, 0.05) is 66.8 Å². The van der Waals surface area contributed by atoms with Crippen molar-refractivity contribution in [3.8, 4) is 39.9 Å². The van der Waals surface area contributed by atoms with E-state index in [1.807, 2.05) is 48.2 Å². The molecule has 266 valence electrons. The van der Waals surface area contributed by atoms with Gasteiger partial charge in [-0.1, -0.05) is 121 Å². The summed E-state index contributed by atoms with van der Waals surface area (Å²) in [5.41, 5.74) is 11.5. The SMILES string of the molecule is CSC1CCn2c3ccccc3c3ccc4c(c5c(ccc6c7ccccc7n1c65)n4-c1cccc(-c4nc(-c5ccccc5)nc(-c5ccccc5)n4)c1)c32. The number of thioether (sulfide) groups is 1. The summed E-state index contributed by atoms with van der Waals surface area (Å²) in [6.07, 6.45) is 3.28. The normalized spacial score (nSPS) is 14.3. The van der Waals surface area contributed by atoms with E-state index in [-0.39, 0.29) is 5.37 Å². The van der Waals surface area contributed by atoms with Crippen LogP contribution in [0.5, 0.6) is 0 Å². The van der Waals surface area contributed by atoms with Crippen molar-refractivity contribution in [3.63, 3.8) is 0 Å². The van der Waals surface area contributed by atoms with Gasteiger partial charge < -0.3 is 13.7 Å². The number of rotatable bonds is 5. The van der Waals surface area contributed by atoms with E-state index in [4.69, 9.17) is 15.0 Å². The van der Waals surface area contributed by atoms with Crippen LogP contribution in [-0.4, -0.2) is 34.9 Å². The second kappa shape index (κ2) is 12.2. The summed E-state index contributed by atoms with van der Waals surface area (Å²) < 4.78 is 7.71. The molecule has 7 aromatic carbocycles. The zero-order valence-electron chi connectivity index (χ0n) is 30.6. The van der Waals surface area contributed by atoms with Crippen molar-refractivity contribution in [1.29, 1.82) is 0 Å². The lowest BCUT2D eigenvalue weighted by molar-refractivity contribution is 0.592. The molecule has 0 saturated heterocycles. The first-order valence-corrected chi connectivity index (χ1v) is 20.4. The van der Waals surface area contributed by atoms with Crippen LogP contribution >= 0.6 is 11.8 Å². The Morgan fingerprint density at radius 2 is 1.02 bits per heavy atom. The molecule has 0 amide bonds. The molecule has 1 atom stereocenters. The molecule has 1 aliphatic rings. The fourth-order valence-corrected chi connectivity index (χ4v) is 10.1. The van der Waals surface area contributed by atoms with Crippen molar-refractivity contribution < 1.29 is 0 Å². The Labute approximate surface area is 326 Å². The first-order valence-electron chi connectivity index (χ1n) is 19.2. The third-order valence-electron chi connectivity index (χ3n) is 11.7. The highest BCUT2D eigenvalue weighted by Crippen LogP contribution is 2.48. The fraction of sp³-hybridized carbons (Fsp3) is 0.0816. The molecule has 12 rings (SSSR count). The van der Waals surface area contributed by atoms with Crippen LogP contribution in [-0.2, 0) is 6.54 Å². The molecule has 6 nitrogen and oxygen atoms in total. The van der Waals surface area contributed by atoms with Crippen LogP contribution in [0.15, 0.2) is 158 Å². The highest BCUT2D eigenvalue weighted by atomic mass is 32.2. The summed E-state index contributed by atoms with van der Waals surface area (Å²) in [6, 6.07) is 56.3. The van der Waals surface area contributed by atoms with E-state index >= 15 is 0 Å². The molecule has 11 aromatic rings. The van der Waals surface area contributed by atoms with E-state index in [0.717, 1.165) is 35.3 Å². The lowest BCUT2D eigenvalue weighted by atomic mass is 10.0. The van der Waals surface area contributed by atoms with Gasteiger partial charge in [0.1, 0.15) is 0 Å². The van der Waals surface area contributed by atoms with Crippen LogP contribution in [0.1, 0.15) is 11.8 Å². The van der Waals surface area contributed by atoms with Gasteiger partial charge in [-0.2, -0.15) is 0 Å². The molecule has 0 spiro atoms. The molecule has 56 heavy (non-hydrogen) atoms. The topological polar surface area (TPSA) is 53.5 Å². The first-order chi connectivity index (χ1) is 27.7. The zero-order valence-corrected chi connectivity index (χ0v) is 31.4. The molecule has 0 aliphatic carbocycles. The largest absolute Gasteiger partial charge is 0.340 e. The second-order valence-corrected chi connectivity index (χ2v) is 15.7. The van der Waals surface area contributed by atoms with Crippen LogP contribution in [0.3, 0.4) is 0 Å². The summed E-state index contributed by atoms with van der Waals surface area (Å²) in [5.74, 6) is 1.95. The summed E-state index contributed by atoms with van der Waals surface area (Å²) in [4.78, 5) is 15.1. The predicted octanol–water partition coefficient (Wildman–Crippen LogP) is 12.5. The smallest absolute Gasteiger partial charge is 0.164 e. The van der Waals surface area contributed by atoms with E-state index in [0.29, 0.717) is 17.5 Å². The van der Waals surface area contributed by atoms with Crippen LogP contribution in [0.25, 0.3) is 105 Å². The molecular weight excluding hydrogens is 705 g/mol. The average Bonchev–Trinajstić information content (AvgIpc) is 3.91. The number of para-hydroxylation sites is 2. The monoisotopic (exact) mass is 738 g/mol. The molecule has 1 aliphatic heterocycles. The number of aryl methyl sites for hydroxylation is 1. The maximum absolute atomic E-state index is 5.10. The Bertz CT molecular complexity index is 3300. The van der Waals surface area contributed by atoms with Gasteiger partial charge in [0.05, 0.1) is 33.0 Å². The first kappa shape index (κ1) is 31.6. The predicted molar refractivity (Wildman–Crippen MR) is 234 cm³/mol. The molecule has 0 N–H and O–H groups in total. The minimum atomic E-state index is 0.261. The maximum atomic E-state index is 5.10. The van der Waals surface area contributed by atoms with Crippen molar-refractivity contribution in [3.05, 3.63) is 158 Å². The minimum Gasteiger partial charge on any atom is -0.340 e. The lowest BCUT2D eigenvalue weighted by Crippen LogP contribution is -2.09. The van der Waals surface area contributed by atoms with E-state index in [1.54, 1.807) is 0 Å². The fourth-order valence-electron chi connectivity index (χ4n) is 9.33. The van der Waals surface area contributed by atoms with Crippen LogP contribution in [0.4, 0.5) is 0 Å². The van der Waals surface area contributed by atoms with Gasteiger partial charge >= 0.3 is 0 Å². The van der Waals surface area contributed by atoms with Crippen LogP contribution in [0.2, 0.25) is 0 Å². The number of aromatic nitrogens is 6. The lowest BCUT2D eigenvalue weighted by Gasteiger charge is -2.20. The van der Waals surface area contributed by atoms with Crippen molar-refractivity contribution >= 4 is 77.2 Å². The molecule has 5 heterocycles. The highest BCUT2D eigenvalue weighted by Gasteiger charge is 2.28. The van der Waals surface area contributed by atoms with Gasteiger partial charge in [-0.25, -0.2) is 15.0 Å². The van der Waals surface area contributed by atoms with Gasteiger partial charge in [-0.3, -0.25) is 0 Å². The molecule has 7 heteroatoms. The molecule has 4 aromatic heterocycles. The highest BCUT2D eigenvalue weighted by molar-refractivity contribution is 7.98. The number of benzene rings is 7. The van der Waals surface area contributed by atoms with E-state index in [1.165, 1.54) is 65.4 Å². The van der Waals surface area contributed by atoms with E-state index in [2.05, 4.69) is 141 Å². The third-order valence-corrected chi connectivity index (χ3v) is 12.7. The number of hydrogen-bond donors (Lipinski definition) is 0. The summed E-state index contributed by atoms with van der Waals surface area (Å²) in [5, 5.41) is 8.07. The van der Waals surface area contributed by atoms with Crippen molar-refractivity contribution in [2.75, 3.05) is 6.26 Å². The zero-order chi connectivity index (χ0) is 36.9. The molecule has 0 saturated carbocycles. The number of hydrogen-bond acceptors (Lipinski definition) is 4. The molecule has 1 unspecified atom stereocenters. The summed E-state index contributed by atoms with van der Waals surface area (Å²) in [7, 11) is 0. The van der Waals surface area contributed by atoms with Crippen LogP contribution in [0, 0.1) is 0 Å². The number of fused-ring (bicyclic) bond motifs is 6. The quantitative estimate of drug-likeness (QED) is 0.176. The van der Waals surface area contributed by atoms with E-state index < -0.39 is 0 Å².